The SMILES string of the molecule is OCC1CN(Cc2c(F)cccc2F)C1. The molecule has 0 amide bonds. The Balaban J connectivity index is 2.00. The van der Waals surface area contributed by atoms with Gasteiger partial charge in [0.05, 0.1) is 0 Å². The Kier molecular flexibility index (Phi) is 2.98. The van der Waals surface area contributed by atoms with Crippen molar-refractivity contribution in [3.63, 3.8) is 0 Å². The monoisotopic (exact) mass is 213 g/mol. The highest BCUT2D eigenvalue weighted by molar-refractivity contribution is 5.19. The number of benzene rings is 1. The summed E-state index contributed by atoms with van der Waals surface area (Å²) in [6.07, 6.45) is 0. The summed E-state index contributed by atoms with van der Waals surface area (Å²) in [4.78, 5) is 1.92. The van der Waals surface area contributed by atoms with Crippen molar-refractivity contribution in [3.05, 3.63) is 35.4 Å². The fraction of sp³-hybridized carbons (Fsp3) is 0.455. The lowest BCUT2D eigenvalue weighted by Crippen LogP contribution is -2.47. The van der Waals surface area contributed by atoms with E-state index in [-0.39, 0.29) is 24.6 Å². The molecule has 0 radical (unpaired) electrons. The molecule has 1 aromatic carbocycles. The van der Waals surface area contributed by atoms with E-state index < -0.39 is 11.6 Å². The third-order valence-corrected chi connectivity index (χ3v) is 2.73. The second-order valence-corrected chi connectivity index (χ2v) is 3.94. The van der Waals surface area contributed by atoms with Crippen molar-refractivity contribution in [2.45, 2.75) is 6.54 Å². The summed E-state index contributed by atoms with van der Waals surface area (Å²) < 4.78 is 26.5. The Morgan fingerprint density at radius 3 is 2.40 bits per heavy atom. The van der Waals surface area contributed by atoms with E-state index in [0.29, 0.717) is 13.1 Å². The zero-order valence-corrected chi connectivity index (χ0v) is 8.29. The van der Waals surface area contributed by atoms with Crippen LogP contribution in [0.15, 0.2) is 18.2 Å². The normalized spacial score (nSPS) is 17.8. The molecule has 4 heteroatoms. The quantitative estimate of drug-likeness (QED) is 0.820. The standard InChI is InChI=1S/C11H13F2NO/c12-10-2-1-3-11(13)9(10)6-14-4-8(5-14)7-15/h1-3,8,15H,4-7H2. The van der Waals surface area contributed by atoms with Gasteiger partial charge in [0.25, 0.3) is 0 Å². The molecule has 82 valence electrons. The molecule has 1 aliphatic rings. The minimum absolute atomic E-state index is 0.119. The Labute approximate surface area is 87.1 Å². The molecule has 0 saturated carbocycles. The highest BCUT2D eigenvalue weighted by atomic mass is 19.1. The summed E-state index contributed by atoms with van der Waals surface area (Å²) in [5.74, 6) is -0.732. The number of aliphatic hydroxyl groups excluding tert-OH is 1. The molecule has 1 saturated heterocycles. The van der Waals surface area contributed by atoms with E-state index in [4.69, 9.17) is 5.11 Å². The fourth-order valence-electron chi connectivity index (χ4n) is 1.83. The van der Waals surface area contributed by atoms with Crippen LogP contribution in [0.4, 0.5) is 8.78 Å². The van der Waals surface area contributed by atoms with E-state index in [1.54, 1.807) is 0 Å². The third-order valence-electron chi connectivity index (χ3n) is 2.73. The average Bonchev–Trinajstić information content (AvgIpc) is 2.14. The first-order chi connectivity index (χ1) is 7.20. The first-order valence-corrected chi connectivity index (χ1v) is 4.97. The number of likely N-dealkylation sites (tertiary alicyclic amines) is 1. The van der Waals surface area contributed by atoms with Crippen molar-refractivity contribution in [2.75, 3.05) is 19.7 Å². The molecule has 15 heavy (non-hydrogen) atoms. The van der Waals surface area contributed by atoms with Gasteiger partial charge in [-0.2, -0.15) is 0 Å². The Morgan fingerprint density at radius 2 is 1.87 bits per heavy atom. The van der Waals surface area contributed by atoms with Gasteiger partial charge in [-0.25, -0.2) is 8.78 Å². The van der Waals surface area contributed by atoms with Gasteiger partial charge in [0.1, 0.15) is 11.6 Å². The Morgan fingerprint density at radius 1 is 1.27 bits per heavy atom. The van der Waals surface area contributed by atoms with Crippen molar-refractivity contribution < 1.29 is 13.9 Å². The average molecular weight is 213 g/mol. The van der Waals surface area contributed by atoms with Gasteiger partial charge in [-0.1, -0.05) is 6.07 Å². The maximum absolute atomic E-state index is 13.2. The van der Waals surface area contributed by atoms with Crippen LogP contribution < -0.4 is 0 Å². The summed E-state index contributed by atoms with van der Waals surface area (Å²) in [5, 5.41) is 8.80. The predicted octanol–water partition coefficient (Wildman–Crippen LogP) is 1.39. The zero-order chi connectivity index (χ0) is 10.8. The highest BCUT2D eigenvalue weighted by Gasteiger charge is 2.27. The van der Waals surface area contributed by atoms with Gasteiger partial charge in [0.2, 0.25) is 0 Å². The van der Waals surface area contributed by atoms with Crippen molar-refractivity contribution >= 4 is 0 Å². The van der Waals surface area contributed by atoms with E-state index in [1.165, 1.54) is 18.2 Å². The van der Waals surface area contributed by atoms with Gasteiger partial charge in [-0.3, -0.25) is 4.90 Å². The van der Waals surface area contributed by atoms with Crippen LogP contribution in [0.25, 0.3) is 0 Å². The number of halogens is 2. The topological polar surface area (TPSA) is 23.5 Å². The lowest BCUT2D eigenvalue weighted by molar-refractivity contribution is 0.0463. The number of hydrogen-bond donors (Lipinski definition) is 1. The van der Waals surface area contributed by atoms with Crippen LogP contribution >= 0.6 is 0 Å². The number of aliphatic hydroxyl groups is 1. The van der Waals surface area contributed by atoms with Crippen molar-refractivity contribution in [1.29, 1.82) is 0 Å². The van der Waals surface area contributed by atoms with E-state index in [2.05, 4.69) is 0 Å². The molecule has 1 aliphatic heterocycles. The van der Waals surface area contributed by atoms with Crippen LogP contribution in [0.1, 0.15) is 5.56 Å². The van der Waals surface area contributed by atoms with Gasteiger partial charge in [-0.05, 0) is 12.1 Å². The molecule has 2 rings (SSSR count). The summed E-state index contributed by atoms with van der Waals surface area (Å²) in [6, 6.07) is 3.89. The van der Waals surface area contributed by atoms with Gasteiger partial charge in [0, 0.05) is 37.7 Å². The first-order valence-electron chi connectivity index (χ1n) is 4.97. The molecule has 1 fully saturated rings. The summed E-state index contributed by atoms with van der Waals surface area (Å²) >= 11 is 0. The highest BCUT2D eigenvalue weighted by Crippen LogP contribution is 2.21. The van der Waals surface area contributed by atoms with Crippen LogP contribution in [0.3, 0.4) is 0 Å². The lowest BCUT2D eigenvalue weighted by atomic mass is 10.0. The van der Waals surface area contributed by atoms with Crippen LogP contribution in [0.2, 0.25) is 0 Å². The first kappa shape index (κ1) is 10.5. The number of nitrogens with zero attached hydrogens (tertiary/aromatic N) is 1. The van der Waals surface area contributed by atoms with Crippen molar-refractivity contribution in [3.8, 4) is 0 Å². The second-order valence-electron chi connectivity index (χ2n) is 3.94. The molecule has 1 aromatic rings. The fourth-order valence-corrected chi connectivity index (χ4v) is 1.83. The third kappa shape index (κ3) is 2.16. The van der Waals surface area contributed by atoms with E-state index in [0.717, 1.165) is 0 Å². The molecular weight excluding hydrogens is 200 g/mol. The van der Waals surface area contributed by atoms with E-state index >= 15 is 0 Å². The maximum Gasteiger partial charge on any atom is 0.130 e. The molecule has 2 nitrogen and oxygen atoms in total. The lowest BCUT2D eigenvalue weighted by Gasteiger charge is -2.38. The second kappa shape index (κ2) is 4.24. The molecule has 1 N–H and O–H groups in total. The van der Waals surface area contributed by atoms with Gasteiger partial charge in [-0.15, -0.1) is 0 Å². The van der Waals surface area contributed by atoms with Gasteiger partial charge in [0.15, 0.2) is 0 Å². The van der Waals surface area contributed by atoms with Crippen LogP contribution in [-0.4, -0.2) is 29.7 Å². The number of hydrogen-bond acceptors (Lipinski definition) is 2. The maximum atomic E-state index is 13.2. The molecule has 0 aromatic heterocycles. The van der Waals surface area contributed by atoms with Crippen LogP contribution in [0, 0.1) is 17.6 Å². The van der Waals surface area contributed by atoms with Crippen molar-refractivity contribution in [1.82, 2.24) is 4.90 Å². The molecule has 0 bridgehead atoms. The molecule has 0 unspecified atom stereocenters. The largest absolute Gasteiger partial charge is 0.396 e. The summed E-state index contributed by atoms with van der Waals surface area (Å²) in [6.45, 7) is 1.86. The van der Waals surface area contributed by atoms with Gasteiger partial charge < -0.3 is 5.11 Å². The number of rotatable bonds is 3. The predicted molar refractivity (Wildman–Crippen MR) is 52.2 cm³/mol. The summed E-state index contributed by atoms with van der Waals surface area (Å²) in [5.41, 5.74) is 0.119. The molecule has 0 spiro atoms. The molecule has 1 heterocycles. The molecule has 0 atom stereocenters. The van der Waals surface area contributed by atoms with Gasteiger partial charge >= 0.3 is 0 Å². The molecule has 0 aliphatic carbocycles. The Bertz CT molecular complexity index is 330. The summed E-state index contributed by atoms with van der Waals surface area (Å²) in [7, 11) is 0. The smallest absolute Gasteiger partial charge is 0.130 e. The minimum Gasteiger partial charge on any atom is -0.396 e. The van der Waals surface area contributed by atoms with E-state index in [9.17, 15) is 8.78 Å². The minimum atomic E-state index is -0.498. The zero-order valence-electron chi connectivity index (χ0n) is 8.29. The van der Waals surface area contributed by atoms with Crippen LogP contribution in [-0.2, 0) is 6.54 Å². The van der Waals surface area contributed by atoms with E-state index in [1.807, 2.05) is 4.90 Å². The van der Waals surface area contributed by atoms with Crippen molar-refractivity contribution in [2.24, 2.45) is 5.92 Å². The molecular formula is C11H13F2NO. The van der Waals surface area contributed by atoms with Crippen LogP contribution in [0.5, 0.6) is 0 Å². The Hall–Kier alpha value is -1.00.